The van der Waals surface area contributed by atoms with Gasteiger partial charge in [-0.25, -0.2) is 4.62 Å². The number of nitrogens with one attached hydrogen (secondary N) is 2. The smallest absolute Gasteiger partial charge is 0.329 e. The lowest BCUT2D eigenvalue weighted by Crippen LogP contribution is -2.30. The van der Waals surface area contributed by atoms with Crippen LogP contribution in [0.3, 0.4) is 0 Å². The van der Waals surface area contributed by atoms with Crippen LogP contribution >= 0.6 is 8.25 Å². The van der Waals surface area contributed by atoms with Gasteiger partial charge in [-0.2, -0.15) is 5.48 Å². The summed E-state index contributed by atoms with van der Waals surface area (Å²) in [6, 6.07) is 0. The minimum Gasteiger partial charge on any atom is -0.329 e. The second-order valence-electron chi connectivity index (χ2n) is 2.99. The zero-order valence-electron chi connectivity index (χ0n) is 9.25. The van der Waals surface area contributed by atoms with Crippen molar-refractivity contribution in [2.75, 3.05) is 32.8 Å². The highest BCUT2D eigenvalue weighted by Gasteiger charge is 1.98. The molecule has 0 aromatic rings. The largest absolute Gasteiger partial charge is 0.335 e. The molecule has 0 aromatic heterocycles. The zero-order valence-corrected chi connectivity index (χ0v) is 10.3. The molecule has 0 heterocycles. The van der Waals surface area contributed by atoms with E-state index in [1.807, 2.05) is 6.92 Å². The number of hydroxylamine groups is 1. The van der Waals surface area contributed by atoms with Crippen LogP contribution in [0, 0.1) is 0 Å². The maximum Gasteiger partial charge on any atom is 0.335 e. The SMILES string of the molecule is CCCCO[PH](=O)ONCCNCCN. The van der Waals surface area contributed by atoms with E-state index in [4.69, 9.17) is 14.9 Å². The molecule has 0 amide bonds. The van der Waals surface area contributed by atoms with Gasteiger partial charge >= 0.3 is 8.25 Å². The number of nitrogens with two attached hydrogens (primary N) is 1. The molecule has 0 aliphatic heterocycles. The summed E-state index contributed by atoms with van der Waals surface area (Å²) in [5.41, 5.74) is 7.86. The molecule has 0 saturated carbocycles. The third-order valence-electron chi connectivity index (χ3n) is 1.60. The Hall–Kier alpha value is 0.0300. The molecule has 6 nitrogen and oxygen atoms in total. The number of unbranched alkanes of at least 4 members (excludes halogenated alkanes) is 1. The summed E-state index contributed by atoms with van der Waals surface area (Å²) in [6.45, 7) is 5.21. The standard InChI is InChI=1S/C8H22N3O3P/c1-2-3-8-13-15(12)14-11-7-6-10-5-4-9/h10-11,15H,2-9H2,1H3. The van der Waals surface area contributed by atoms with E-state index in [9.17, 15) is 4.57 Å². The van der Waals surface area contributed by atoms with E-state index in [0.717, 1.165) is 25.9 Å². The van der Waals surface area contributed by atoms with E-state index >= 15 is 0 Å². The maximum atomic E-state index is 11.0. The Balaban J connectivity index is 3.10. The minimum absolute atomic E-state index is 0.487. The Bertz CT molecular complexity index is 160. The summed E-state index contributed by atoms with van der Waals surface area (Å²) in [4.78, 5) is 0. The van der Waals surface area contributed by atoms with E-state index in [2.05, 4.69) is 10.8 Å². The van der Waals surface area contributed by atoms with Crippen LogP contribution in [-0.2, 0) is 13.7 Å². The highest BCUT2D eigenvalue weighted by molar-refractivity contribution is 7.33. The Morgan fingerprint density at radius 3 is 2.80 bits per heavy atom. The van der Waals surface area contributed by atoms with Crippen LogP contribution in [0.5, 0.6) is 0 Å². The van der Waals surface area contributed by atoms with Crippen LogP contribution in [-0.4, -0.2) is 32.8 Å². The van der Waals surface area contributed by atoms with Gasteiger partial charge in [-0.1, -0.05) is 13.3 Å². The average molecular weight is 239 g/mol. The molecule has 15 heavy (non-hydrogen) atoms. The summed E-state index contributed by atoms with van der Waals surface area (Å²) in [6.07, 6.45) is 1.92. The van der Waals surface area contributed by atoms with Crippen molar-refractivity contribution >= 4 is 8.25 Å². The fraction of sp³-hybridized carbons (Fsp3) is 1.00. The van der Waals surface area contributed by atoms with E-state index in [1.165, 1.54) is 0 Å². The first-order chi connectivity index (χ1) is 7.31. The minimum atomic E-state index is -2.37. The molecule has 0 rings (SSSR count). The molecule has 0 saturated heterocycles. The van der Waals surface area contributed by atoms with Crippen molar-refractivity contribution in [3.05, 3.63) is 0 Å². The lowest BCUT2D eigenvalue weighted by Gasteiger charge is -2.06. The van der Waals surface area contributed by atoms with Gasteiger partial charge in [0.05, 0.1) is 6.61 Å². The van der Waals surface area contributed by atoms with Crippen molar-refractivity contribution in [2.45, 2.75) is 19.8 Å². The second kappa shape index (κ2) is 12.1. The highest BCUT2D eigenvalue weighted by atomic mass is 31.1. The molecule has 1 atom stereocenters. The van der Waals surface area contributed by atoms with Crippen LogP contribution in [0.2, 0.25) is 0 Å². The van der Waals surface area contributed by atoms with Crippen molar-refractivity contribution in [3.8, 4) is 0 Å². The lowest BCUT2D eigenvalue weighted by molar-refractivity contribution is 0.156. The van der Waals surface area contributed by atoms with Gasteiger partial charge in [0.2, 0.25) is 0 Å². The van der Waals surface area contributed by atoms with E-state index in [-0.39, 0.29) is 0 Å². The third kappa shape index (κ3) is 12.0. The molecule has 0 bridgehead atoms. The molecule has 1 unspecified atom stereocenters. The topological polar surface area (TPSA) is 85.6 Å². The number of hydrogen-bond acceptors (Lipinski definition) is 6. The predicted octanol–water partition coefficient (Wildman–Crippen LogP) is 0.262. The Morgan fingerprint density at radius 2 is 2.13 bits per heavy atom. The van der Waals surface area contributed by atoms with Crippen LogP contribution in [0.25, 0.3) is 0 Å². The van der Waals surface area contributed by atoms with Crippen LogP contribution in [0.1, 0.15) is 19.8 Å². The molecule has 92 valence electrons. The average Bonchev–Trinajstić information content (AvgIpc) is 2.23. The third-order valence-corrected chi connectivity index (χ3v) is 2.35. The molecule has 0 aliphatic rings. The normalized spacial score (nSPS) is 12.9. The monoisotopic (exact) mass is 239 g/mol. The summed E-state index contributed by atoms with van der Waals surface area (Å²) >= 11 is 0. The lowest BCUT2D eigenvalue weighted by atomic mass is 10.4. The van der Waals surface area contributed by atoms with Gasteiger partial charge in [0.1, 0.15) is 0 Å². The summed E-state index contributed by atoms with van der Waals surface area (Å²) in [5, 5.41) is 3.06. The van der Waals surface area contributed by atoms with Gasteiger partial charge in [-0.05, 0) is 6.42 Å². The van der Waals surface area contributed by atoms with E-state index in [0.29, 0.717) is 19.7 Å². The summed E-state index contributed by atoms with van der Waals surface area (Å²) < 4.78 is 20.7. The first-order valence-corrected chi connectivity index (χ1v) is 6.51. The van der Waals surface area contributed by atoms with Crippen LogP contribution in [0.4, 0.5) is 0 Å². The molecule has 0 fully saturated rings. The maximum absolute atomic E-state index is 11.0. The molecule has 7 heteroatoms. The van der Waals surface area contributed by atoms with Crippen molar-refractivity contribution < 1.29 is 13.7 Å². The quantitative estimate of drug-likeness (QED) is 0.272. The first-order valence-electron chi connectivity index (χ1n) is 5.28. The van der Waals surface area contributed by atoms with Gasteiger partial charge in [-0.3, -0.25) is 4.57 Å². The van der Waals surface area contributed by atoms with E-state index < -0.39 is 8.25 Å². The van der Waals surface area contributed by atoms with Crippen molar-refractivity contribution in [1.29, 1.82) is 0 Å². The first kappa shape index (κ1) is 15.0. The van der Waals surface area contributed by atoms with Crippen molar-refractivity contribution in [1.82, 2.24) is 10.8 Å². The van der Waals surface area contributed by atoms with E-state index in [1.54, 1.807) is 0 Å². The molecular formula is C8H22N3O3P. The molecular weight excluding hydrogens is 217 g/mol. The van der Waals surface area contributed by atoms with Gasteiger partial charge < -0.3 is 15.6 Å². The Kier molecular flexibility index (Phi) is 12.1. The summed E-state index contributed by atoms with van der Waals surface area (Å²) in [7, 11) is -2.37. The Labute approximate surface area is 91.8 Å². The molecule has 0 radical (unpaired) electrons. The van der Waals surface area contributed by atoms with Crippen molar-refractivity contribution in [2.24, 2.45) is 5.73 Å². The second-order valence-corrected chi connectivity index (χ2v) is 3.98. The predicted molar refractivity (Wildman–Crippen MR) is 60.9 cm³/mol. The van der Waals surface area contributed by atoms with Crippen LogP contribution in [0.15, 0.2) is 0 Å². The molecule has 0 aromatic carbocycles. The Morgan fingerprint density at radius 1 is 1.33 bits per heavy atom. The summed E-state index contributed by atoms with van der Waals surface area (Å²) in [5.74, 6) is 0. The number of hydrogen-bond donors (Lipinski definition) is 3. The highest BCUT2D eigenvalue weighted by Crippen LogP contribution is 2.21. The number of rotatable bonds is 11. The van der Waals surface area contributed by atoms with Gasteiger partial charge in [0.15, 0.2) is 0 Å². The zero-order chi connectivity index (χ0) is 11.4. The van der Waals surface area contributed by atoms with Gasteiger partial charge in [0.25, 0.3) is 0 Å². The fourth-order valence-corrected chi connectivity index (χ4v) is 1.40. The van der Waals surface area contributed by atoms with Gasteiger partial charge in [0, 0.05) is 26.2 Å². The van der Waals surface area contributed by atoms with Crippen molar-refractivity contribution in [3.63, 3.8) is 0 Å². The fourth-order valence-electron chi connectivity index (χ4n) is 0.806. The molecule has 0 aliphatic carbocycles. The van der Waals surface area contributed by atoms with Gasteiger partial charge in [-0.15, -0.1) is 0 Å². The molecule has 0 spiro atoms. The van der Waals surface area contributed by atoms with Crippen LogP contribution < -0.4 is 16.5 Å². The molecule has 4 N–H and O–H groups in total.